The largest absolute Gasteiger partial charge is 0.309 e. The number of amides is 1. The third kappa shape index (κ3) is 4.61. The Balaban J connectivity index is 1.45. The van der Waals surface area contributed by atoms with E-state index in [1.54, 1.807) is 0 Å². The molecular formula is C22H23ClN4O. The molecule has 4 rings (SSSR count). The van der Waals surface area contributed by atoms with Gasteiger partial charge >= 0.3 is 0 Å². The number of likely N-dealkylation sites (N-methyl/N-ethyl adjacent to an activating group) is 1. The molecule has 1 amide bonds. The molecule has 3 aromatic rings. The normalized spacial score (nSPS) is 13.7. The summed E-state index contributed by atoms with van der Waals surface area (Å²) in [6.45, 7) is 0.935. The van der Waals surface area contributed by atoms with Gasteiger partial charge in [0.1, 0.15) is 5.82 Å². The molecule has 1 fully saturated rings. The lowest BCUT2D eigenvalue weighted by molar-refractivity contribution is -0.117. The fraction of sp³-hybridized carbons (Fsp3) is 0.273. The molecule has 0 saturated heterocycles. The number of carbonyl (C=O) groups is 1. The van der Waals surface area contributed by atoms with Gasteiger partial charge in [0.15, 0.2) is 0 Å². The van der Waals surface area contributed by atoms with Crippen LogP contribution in [0.5, 0.6) is 0 Å². The highest BCUT2D eigenvalue weighted by Crippen LogP contribution is 2.40. The number of nitrogens with zero attached hydrogens (tertiary/aromatic N) is 3. The van der Waals surface area contributed by atoms with Crippen LogP contribution in [0, 0.1) is 0 Å². The maximum absolute atomic E-state index is 12.6. The zero-order valence-electron chi connectivity index (χ0n) is 15.8. The average Bonchev–Trinajstić information content (AvgIpc) is 3.43. The van der Waals surface area contributed by atoms with Gasteiger partial charge in [-0.2, -0.15) is 5.10 Å². The monoisotopic (exact) mass is 394 g/mol. The molecule has 144 valence electrons. The van der Waals surface area contributed by atoms with Crippen molar-refractivity contribution in [2.75, 3.05) is 18.9 Å². The minimum Gasteiger partial charge on any atom is -0.309 e. The third-order valence-electron chi connectivity index (χ3n) is 4.75. The Labute approximate surface area is 169 Å². The number of halogens is 1. The maximum atomic E-state index is 12.6. The molecule has 0 unspecified atom stereocenters. The van der Waals surface area contributed by atoms with E-state index >= 15 is 0 Å². The summed E-state index contributed by atoms with van der Waals surface area (Å²) in [6, 6.07) is 19.6. The standard InChI is InChI=1S/C22H23ClN4O/c1-26(14-16-6-5-7-18(23)12-16)15-22(28)24-21-13-20(17-10-11-17)25-27(21)19-8-3-2-4-9-19/h2-9,12-13,17H,10-11,14-15H2,1H3,(H,24,28). The summed E-state index contributed by atoms with van der Waals surface area (Å²) in [5.41, 5.74) is 3.07. The van der Waals surface area contributed by atoms with Gasteiger partial charge in [0.2, 0.25) is 5.91 Å². The Kier molecular flexibility index (Phi) is 5.46. The van der Waals surface area contributed by atoms with Gasteiger partial charge in [-0.15, -0.1) is 0 Å². The van der Waals surface area contributed by atoms with Crippen LogP contribution in [-0.2, 0) is 11.3 Å². The first-order chi connectivity index (χ1) is 13.6. The molecule has 2 aromatic carbocycles. The first-order valence-corrected chi connectivity index (χ1v) is 9.84. The van der Waals surface area contributed by atoms with E-state index in [2.05, 4.69) is 5.32 Å². The predicted molar refractivity (Wildman–Crippen MR) is 112 cm³/mol. The Hall–Kier alpha value is -2.63. The Morgan fingerprint density at radius 2 is 1.96 bits per heavy atom. The molecule has 0 atom stereocenters. The van der Waals surface area contributed by atoms with Gasteiger partial charge in [-0.05, 0) is 49.7 Å². The molecule has 1 aliphatic carbocycles. The first kappa shape index (κ1) is 18.7. The van der Waals surface area contributed by atoms with Gasteiger partial charge < -0.3 is 5.32 Å². The van der Waals surface area contributed by atoms with Crippen LogP contribution in [0.4, 0.5) is 5.82 Å². The van der Waals surface area contributed by atoms with Gasteiger partial charge in [-0.1, -0.05) is 41.9 Å². The number of nitrogens with one attached hydrogen (secondary N) is 1. The van der Waals surface area contributed by atoms with Gasteiger partial charge in [0.05, 0.1) is 17.9 Å². The smallest absolute Gasteiger partial charge is 0.239 e. The van der Waals surface area contributed by atoms with Gasteiger partial charge in [-0.25, -0.2) is 4.68 Å². The number of para-hydroxylation sites is 1. The summed E-state index contributed by atoms with van der Waals surface area (Å²) in [6.07, 6.45) is 2.34. The minimum atomic E-state index is -0.0658. The second kappa shape index (κ2) is 8.17. The van der Waals surface area contributed by atoms with Crippen LogP contribution in [0.15, 0.2) is 60.7 Å². The summed E-state index contributed by atoms with van der Waals surface area (Å²) in [5.74, 6) is 1.17. The Morgan fingerprint density at radius 1 is 1.18 bits per heavy atom. The molecule has 0 bridgehead atoms. The maximum Gasteiger partial charge on any atom is 0.239 e. The van der Waals surface area contributed by atoms with Gasteiger partial charge in [0, 0.05) is 23.6 Å². The molecule has 0 spiro atoms. The van der Waals surface area contributed by atoms with Crippen LogP contribution in [0.25, 0.3) is 5.69 Å². The number of rotatable bonds is 7. The van der Waals surface area contributed by atoms with Crippen LogP contribution in [0.1, 0.15) is 30.0 Å². The van der Waals surface area contributed by atoms with Gasteiger partial charge in [-0.3, -0.25) is 9.69 Å². The predicted octanol–water partition coefficient (Wildman–Crippen LogP) is 4.47. The highest BCUT2D eigenvalue weighted by molar-refractivity contribution is 6.30. The summed E-state index contributed by atoms with van der Waals surface area (Å²) >= 11 is 6.04. The molecule has 1 heterocycles. The molecular weight excluding hydrogens is 372 g/mol. The molecule has 1 N–H and O–H groups in total. The topological polar surface area (TPSA) is 50.2 Å². The van der Waals surface area contributed by atoms with E-state index in [-0.39, 0.29) is 12.5 Å². The summed E-state index contributed by atoms with van der Waals surface area (Å²) in [4.78, 5) is 14.6. The van der Waals surface area contributed by atoms with Crippen LogP contribution in [0.2, 0.25) is 5.02 Å². The third-order valence-corrected chi connectivity index (χ3v) is 4.98. The number of carbonyl (C=O) groups excluding carboxylic acids is 1. The van der Waals surface area contributed by atoms with Crippen molar-refractivity contribution in [2.24, 2.45) is 0 Å². The number of anilines is 1. The van der Waals surface area contributed by atoms with E-state index in [1.165, 1.54) is 12.8 Å². The number of hydrogen-bond acceptors (Lipinski definition) is 3. The summed E-state index contributed by atoms with van der Waals surface area (Å²) in [7, 11) is 1.92. The van der Waals surface area contributed by atoms with Crippen molar-refractivity contribution < 1.29 is 4.79 Å². The SMILES string of the molecule is CN(CC(=O)Nc1cc(C2CC2)nn1-c1ccccc1)Cc1cccc(Cl)c1. The second-order valence-corrected chi connectivity index (χ2v) is 7.76. The summed E-state index contributed by atoms with van der Waals surface area (Å²) in [5, 5.41) is 8.46. The van der Waals surface area contributed by atoms with Crippen molar-refractivity contribution in [1.29, 1.82) is 0 Å². The van der Waals surface area contributed by atoms with Crippen molar-refractivity contribution in [2.45, 2.75) is 25.3 Å². The molecule has 0 aliphatic heterocycles. The van der Waals surface area contributed by atoms with E-state index < -0.39 is 0 Å². The van der Waals surface area contributed by atoms with E-state index in [0.717, 1.165) is 16.9 Å². The van der Waals surface area contributed by atoms with E-state index in [4.69, 9.17) is 16.7 Å². The highest BCUT2D eigenvalue weighted by atomic mass is 35.5. The van der Waals surface area contributed by atoms with Crippen molar-refractivity contribution in [1.82, 2.24) is 14.7 Å². The minimum absolute atomic E-state index is 0.0658. The Morgan fingerprint density at radius 3 is 2.68 bits per heavy atom. The fourth-order valence-electron chi connectivity index (χ4n) is 3.26. The Bertz CT molecular complexity index is 966. The van der Waals surface area contributed by atoms with Crippen molar-refractivity contribution in [3.05, 3.63) is 76.9 Å². The lowest BCUT2D eigenvalue weighted by Crippen LogP contribution is -2.30. The number of aromatic nitrogens is 2. The zero-order valence-corrected chi connectivity index (χ0v) is 16.6. The zero-order chi connectivity index (χ0) is 19.5. The summed E-state index contributed by atoms with van der Waals surface area (Å²) < 4.78 is 1.82. The highest BCUT2D eigenvalue weighted by Gasteiger charge is 2.28. The van der Waals surface area contributed by atoms with E-state index in [0.29, 0.717) is 23.3 Å². The molecule has 5 nitrogen and oxygen atoms in total. The molecule has 1 aliphatic rings. The van der Waals surface area contributed by atoms with Crippen LogP contribution in [0.3, 0.4) is 0 Å². The lowest BCUT2D eigenvalue weighted by atomic mass is 10.2. The first-order valence-electron chi connectivity index (χ1n) is 9.47. The number of benzene rings is 2. The average molecular weight is 395 g/mol. The van der Waals surface area contributed by atoms with Crippen molar-refractivity contribution in [3.8, 4) is 5.69 Å². The van der Waals surface area contributed by atoms with Crippen molar-refractivity contribution in [3.63, 3.8) is 0 Å². The quantitative estimate of drug-likeness (QED) is 0.643. The van der Waals surface area contributed by atoms with E-state index in [9.17, 15) is 4.79 Å². The fourth-order valence-corrected chi connectivity index (χ4v) is 3.48. The molecule has 1 saturated carbocycles. The van der Waals surface area contributed by atoms with Crippen LogP contribution >= 0.6 is 11.6 Å². The van der Waals surface area contributed by atoms with Crippen molar-refractivity contribution >= 4 is 23.3 Å². The molecule has 6 heteroatoms. The molecule has 28 heavy (non-hydrogen) atoms. The lowest BCUT2D eigenvalue weighted by Gasteiger charge is -2.17. The molecule has 0 radical (unpaired) electrons. The van der Waals surface area contributed by atoms with Gasteiger partial charge in [0.25, 0.3) is 0 Å². The van der Waals surface area contributed by atoms with Crippen LogP contribution < -0.4 is 5.32 Å². The van der Waals surface area contributed by atoms with E-state index in [1.807, 2.05) is 77.3 Å². The van der Waals surface area contributed by atoms with Crippen LogP contribution in [-0.4, -0.2) is 34.2 Å². The molecule has 1 aromatic heterocycles. The second-order valence-electron chi connectivity index (χ2n) is 7.33. The number of hydrogen-bond donors (Lipinski definition) is 1.